The highest BCUT2D eigenvalue weighted by atomic mass is 16.5. The highest BCUT2D eigenvalue weighted by molar-refractivity contribution is 5.30. The average molecular weight is 205 g/mol. The van der Waals surface area contributed by atoms with E-state index in [2.05, 4.69) is 31.0 Å². The van der Waals surface area contributed by atoms with Crippen LogP contribution in [0.5, 0.6) is 5.75 Å². The van der Waals surface area contributed by atoms with Crippen LogP contribution in [0.1, 0.15) is 24.9 Å². The van der Waals surface area contributed by atoms with Crippen molar-refractivity contribution in [3.05, 3.63) is 42.5 Å². The van der Waals surface area contributed by atoms with Crippen LogP contribution in [-0.4, -0.2) is 13.7 Å². The van der Waals surface area contributed by atoms with Crippen molar-refractivity contribution in [2.24, 2.45) is 0 Å². The Morgan fingerprint density at radius 3 is 3.00 bits per heavy atom. The van der Waals surface area contributed by atoms with Gasteiger partial charge in [0.2, 0.25) is 0 Å². The van der Waals surface area contributed by atoms with Gasteiger partial charge in [0, 0.05) is 6.04 Å². The lowest BCUT2D eigenvalue weighted by atomic mass is 10.1. The van der Waals surface area contributed by atoms with Crippen molar-refractivity contribution < 1.29 is 4.74 Å². The van der Waals surface area contributed by atoms with Gasteiger partial charge in [0.25, 0.3) is 0 Å². The molecule has 0 aromatic heterocycles. The van der Waals surface area contributed by atoms with Crippen molar-refractivity contribution in [2.75, 3.05) is 13.7 Å². The van der Waals surface area contributed by atoms with Gasteiger partial charge in [0.1, 0.15) is 5.75 Å². The van der Waals surface area contributed by atoms with Gasteiger partial charge in [-0.15, -0.1) is 6.58 Å². The maximum absolute atomic E-state index is 5.19. The molecular weight excluding hydrogens is 186 g/mol. The Balaban J connectivity index is 2.56. The van der Waals surface area contributed by atoms with E-state index in [9.17, 15) is 0 Å². The van der Waals surface area contributed by atoms with Crippen LogP contribution >= 0.6 is 0 Å². The molecule has 2 nitrogen and oxygen atoms in total. The van der Waals surface area contributed by atoms with Crippen LogP contribution in [0, 0.1) is 0 Å². The quantitative estimate of drug-likeness (QED) is 0.569. The number of rotatable bonds is 6. The van der Waals surface area contributed by atoms with Crippen LogP contribution in [0.15, 0.2) is 36.9 Å². The fraction of sp³-hybridized carbons (Fsp3) is 0.385. The molecule has 0 aliphatic heterocycles. The highest BCUT2D eigenvalue weighted by Crippen LogP contribution is 2.18. The van der Waals surface area contributed by atoms with Gasteiger partial charge in [-0.05, 0) is 37.6 Å². The molecular formula is C13H19NO. The predicted molar refractivity (Wildman–Crippen MR) is 64.2 cm³/mol. The van der Waals surface area contributed by atoms with E-state index in [1.54, 1.807) is 7.11 Å². The van der Waals surface area contributed by atoms with Gasteiger partial charge in [0.15, 0.2) is 0 Å². The molecule has 82 valence electrons. The second-order valence-electron chi connectivity index (χ2n) is 3.53. The zero-order chi connectivity index (χ0) is 11.1. The van der Waals surface area contributed by atoms with Crippen molar-refractivity contribution in [2.45, 2.75) is 19.4 Å². The minimum Gasteiger partial charge on any atom is -0.497 e. The van der Waals surface area contributed by atoms with Crippen LogP contribution in [-0.2, 0) is 0 Å². The summed E-state index contributed by atoms with van der Waals surface area (Å²) in [6.45, 7) is 6.81. The monoisotopic (exact) mass is 205 g/mol. The van der Waals surface area contributed by atoms with Gasteiger partial charge >= 0.3 is 0 Å². The second kappa shape index (κ2) is 6.25. The molecule has 1 unspecified atom stereocenters. The molecule has 0 bridgehead atoms. The van der Waals surface area contributed by atoms with E-state index in [0.29, 0.717) is 6.04 Å². The third-order valence-corrected chi connectivity index (χ3v) is 2.39. The molecule has 2 heteroatoms. The number of ether oxygens (including phenoxy) is 1. The molecule has 0 radical (unpaired) electrons. The predicted octanol–water partition coefficient (Wildman–Crippen LogP) is 2.92. The molecule has 1 N–H and O–H groups in total. The molecule has 0 saturated heterocycles. The number of hydrogen-bond acceptors (Lipinski definition) is 2. The summed E-state index contributed by atoms with van der Waals surface area (Å²) in [7, 11) is 1.69. The molecule has 0 aliphatic carbocycles. The van der Waals surface area contributed by atoms with Crippen LogP contribution in [0.25, 0.3) is 0 Å². The SMILES string of the molecule is C=CCCNC(C)c1cccc(OC)c1. The Labute approximate surface area is 92.0 Å². The average Bonchev–Trinajstić information content (AvgIpc) is 2.29. The Bertz CT molecular complexity index is 309. The summed E-state index contributed by atoms with van der Waals surface area (Å²) in [5.41, 5.74) is 1.25. The van der Waals surface area contributed by atoms with Crippen molar-refractivity contribution in [1.82, 2.24) is 5.32 Å². The number of benzene rings is 1. The molecule has 0 saturated carbocycles. The lowest BCUT2D eigenvalue weighted by Crippen LogP contribution is -2.19. The third-order valence-electron chi connectivity index (χ3n) is 2.39. The maximum atomic E-state index is 5.19. The summed E-state index contributed by atoms with van der Waals surface area (Å²) < 4.78 is 5.19. The fourth-order valence-electron chi connectivity index (χ4n) is 1.43. The standard InChI is InChI=1S/C13H19NO/c1-4-5-9-14-11(2)12-7-6-8-13(10-12)15-3/h4,6-8,10-11,14H,1,5,9H2,2-3H3. The smallest absolute Gasteiger partial charge is 0.119 e. The van der Waals surface area contributed by atoms with Gasteiger partial charge < -0.3 is 10.1 Å². The molecule has 1 aromatic rings. The number of hydrogen-bond donors (Lipinski definition) is 1. The molecule has 1 rings (SSSR count). The minimum absolute atomic E-state index is 0.347. The Kier molecular flexibility index (Phi) is 4.91. The maximum Gasteiger partial charge on any atom is 0.119 e. The van der Waals surface area contributed by atoms with Gasteiger partial charge in [-0.1, -0.05) is 18.2 Å². The summed E-state index contributed by atoms with van der Waals surface area (Å²) in [5.74, 6) is 0.907. The Morgan fingerprint density at radius 2 is 2.33 bits per heavy atom. The number of methoxy groups -OCH3 is 1. The van der Waals surface area contributed by atoms with Crippen LogP contribution in [0.3, 0.4) is 0 Å². The van der Waals surface area contributed by atoms with Crippen LogP contribution < -0.4 is 10.1 Å². The van der Waals surface area contributed by atoms with Gasteiger partial charge in [-0.2, -0.15) is 0 Å². The third kappa shape index (κ3) is 3.76. The number of nitrogens with one attached hydrogen (secondary N) is 1. The largest absolute Gasteiger partial charge is 0.497 e. The topological polar surface area (TPSA) is 21.3 Å². The van der Waals surface area contributed by atoms with E-state index in [1.807, 2.05) is 18.2 Å². The van der Waals surface area contributed by atoms with Crippen molar-refractivity contribution in [3.63, 3.8) is 0 Å². The minimum atomic E-state index is 0.347. The molecule has 1 atom stereocenters. The lowest BCUT2D eigenvalue weighted by Gasteiger charge is -2.14. The zero-order valence-corrected chi connectivity index (χ0v) is 9.49. The highest BCUT2D eigenvalue weighted by Gasteiger charge is 2.04. The molecule has 0 aliphatic rings. The molecule has 1 aromatic carbocycles. The molecule has 0 heterocycles. The lowest BCUT2D eigenvalue weighted by molar-refractivity contribution is 0.413. The van der Waals surface area contributed by atoms with Crippen molar-refractivity contribution >= 4 is 0 Å². The summed E-state index contributed by atoms with van der Waals surface area (Å²) >= 11 is 0. The summed E-state index contributed by atoms with van der Waals surface area (Å²) in [5, 5.41) is 3.42. The van der Waals surface area contributed by atoms with Gasteiger partial charge in [0.05, 0.1) is 7.11 Å². The van der Waals surface area contributed by atoms with E-state index < -0.39 is 0 Å². The summed E-state index contributed by atoms with van der Waals surface area (Å²) in [4.78, 5) is 0. The van der Waals surface area contributed by atoms with Gasteiger partial charge in [-0.3, -0.25) is 0 Å². The summed E-state index contributed by atoms with van der Waals surface area (Å²) in [6.07, 6.45) is 2.92. The van der Waals surface area contributed by atoms with Crippen molar-refractivity contribution in [1.29, 1.82) is 0 Å². The van der Waals surface area contributed by atoms with E-state index in [1.165, 1.54) is 5.56 Å². The molecule has 0 spiro atoms. The van der Waals surface area contributed by atoms with E-state index in [4.69, 9.17) is 4.74 Å². The van der Waals surface area contributed by atoms with E-state index >= 15 is 0 Å². The first-order valence-electron chi connectivity index (χ1n) is 5.26. The van der Waals surface area contributed by atoms with Gasteiger partial charge in [-0.25, -0.2) is 0 Å². The molecule has 0 fully saturated rings. The van der Waals surface area contributed by atoms with Crippen LogP contribution in [0.2, 0.25) is 0 Å². The van der Waals surface area contributed by atoms with E-state index in [-0.39, 0.29) is 0 Å². The van der Waals surface area contributed by atoms with E-state index in [0.717, 1.165) is 18.7 Å². The van der Waals surface area contributed by atoms with Crippen molar-refractivity contribution in [3.8, 4) is 5.75 Å². The summed E-state index contributed by atoms with van der Waals surface area (Å²) in [6, 6.07) is 8.49. The second-order valence-corrected chi connectivity index (χ2v) is 3.53. The van der Waals surface area contributed by atoms with Crippen LogP contribution in [0.4, 0.5) is 0 Å². The Morgan fingerprint density at radius 1 is 1.53 bits per heavy atom. The fourth-order valence-corrected chi connectivity index (χ4v) is 1.43. The molecule has 0 amide bonds. The zero-order valence-electron chi connectivity index (χ0n) is 9.49. The normalized spacial score (nSPS) is 12.1. The molecule has 15 heavy (non-hydrogen) atoms. The first-order valence-corrected chi connectivity index (χ1v) is 5.26. The Hall–Kier alpha value is -1.28. The first-order chi connectivity index (χ1) is 7.27. The first kappa shape index (κ1) is 11.8.